The molecule has 0 atom stereocenters. The first-order valence-electron chi connectivity index (χ1n) is 5.73. The highest BCUT2D eigenvalue weighted by Gasteiger charge is 2.15. The SMILES string of the molecule is CCOC(=O)c1cccnc1Sc1ncccc1N. The van der Waals surface area contributed by atoms with Gasteiger partial charge in [-0.3, -0.25) is 0 Å². The number of nitrogen functional groups attached to an aromatic ring is 1. The van der Waals surface area contributed by atoms with Crippen LogP contribution in [0.15, 0.2) is 46.7 Å². The van der Waals surface area contributed by atoms with Gasteiger partial charge in [-0.1, -0.05) is 0 Å². The lowest BCUT2D eigenvalue weighted by molar-refractivity contribution is 0.0521. The zero-order chi connectivity index (χ0) is 13.7. The number of carbonyl (C=O) groups is 1. The molecule has 0 amide bonds. The van der Waals surface area contributed by atoms with E-state index in [0.717, 1.165) is 0 Å². The third-order valence-electron chi connectivity index (χ3n) is 2.26. The molecule has 0 aliphatic carbocycles. The summed E-state index contributed by atoms with van der Waals surface area (Å²) >= 11 is 1.25. The number of hydrogen-bond acceptors (Lipinski definition) is 6. The summed E-state index contributed by atoms with van der Waals surface area (Å²) < 4.78 is 4.99. The number of rotatable bonds is 4. The van der Waals surface area contributed by atoms with Gasteiger partial charge in [0.2, 0.25) is 0 Å². The van der Waals surface area contributed by atoms with Crippen LogP contribution in [0, 0.1) is 0 Å². The van der Waals surface area contributed by atoms with Gasteiger partial charge < -0.3 is 10.5 Å². The van der Waals surface area contributed by atoms with Gasteiger partial charge in [0.05, 0.1) is 17.9 Å². The maximum absolute atomic E-state index is 11.8. The molecule has 0 aromatic carbocycles. The van der Waals surface area contributed by atoms with E-state index in [0.29, 0.717) is 27.9 Å². The number of ether oxygens (including phenoxy) is 1. The van der Waals surface area contributed by atoms with Crippen molar-refractivity contribution in [2.45, 2.75) is 17.0 Å². The predicted octanol–water partition coefficient (Wildman–Crippen LogP) is 2.39. The highest BCUT2D eigenvalue weighted by Crippen LogP contribution is 2.30. The number of nitrogens with zero attached hydrogens (tertiary/aromatic N) is 2. The Labute approximate surface area is 115 Å². The summed E-state index contributed by atoms with van der Waals surface area (Å²) in [5.74, 6) is -0.396. The Balaban J connectivity index is 2.30. The molecule has 0 aliphatic heterocycles. The molecule has 0 unspecified atom stereocenters. The van der Waals surface area contributed by atoms with Crippen LogP contribution in [0.1, 0.15) is 17.3 Å². The highest BCUT2D eigenvalue weighted by atomic mass is 32.2. The number of aromatic nitrogens is 2. The van der Waals surface area contributed by atoms with Gasteiger partial charge in [0.1, 0.15) is 10.1 Å². The van der Waals surface area contributed by atoms with Crippen LogP contribution < -0.4 is 5.73 Å². The molecule has 2 aromatic rings. The van der Waals surface area contributed by atoms with Gasteiger partial charge in [-0.15, -0.1) is 0 Å². The topological polar surface area (TPSA) is 78.1 Å². The van der Waals surface area contributed by atoms with Gasteiger partial charge in [-0.25, -0.2) is 14.8 Å². The van der Waals surface area contributed by atoms with Gasteiger partial charge in [-0.05, 0) is 43.0 Å². The van der Waals surface area contributed by atoms with Crippen LogP contribution in [0.4, 0.5) is 5.69 Å². The molecule has 0 saturated carbocycles. The van der Waals surface area contributed by atoms with Crippen molar-refractivity contribution in [2.24, 2.45) is 0 Å². The Morgan fingerprint density at radius 1 is 1.26 bits per heavy atom. The Morgan fingerprint density at radius 2 is 1.95 bits per heavy atom. The van der Waals surface area contributed by atoms with Crippen LogP contribution in [0.5, 0.6) is 0 Å². The Bertz CT molecular complexity index is 590. The first kappa shape index (κ1) is 13.4. The largest absolute Gasteiger partial charge is 0.462 e. The molecular weight excluding hydrogens is 262 g/mol. The van der Waals surface area contributed by atoms with E-state index in [1.807, 2.05) is 0 Å². The molecule has 0 radical (unpaired) electrons. The Morgan fingerprint density at radius 3 is 2.63 bits per heavy atom. The zero-order valence-corrected chi connectivity index (χ0v) is 11.2. The third kappa shape index (κ3) is 3.23. The molecule has 0 spiro atoms. The van der Waals surface area contributed by atoms with Crippen molar-refractivity contribution in [1.82, 2.24) is 9.97 Å². The fourth-order valence-electron chi connectivity index (χ4n) is 1.42. The van der Waals surface area contributed by atoms with Crippen LogP contribution in [0.25, 0.3) is 0 Å². The molecule has 98 valence electrons. The quantitative estimate of drug-likeness (QED) is 0.863. The minimum atomic E-state index is -0.396. The molecule has 0 aliphatic rings. The van der Waals surface area contributed by atoms with Crippen molar-refractivity contribution >= 4 is 23.4 Å². The average molecular weight is 275 g/mol. The summed E-state index contributed by atoms with van der Waals surface area (Å²) in [4.78, 5) is 20.2. The molecule has 0 fully saturated rings. The van der Waals surface area contributed by atoms with Gasteiger partial charge in [0, 0.05) is 12.4 Å². The van der Waals surface area contributed by atoms with Gasteiger partial charge in [0.15, 0.2) is 0 Å². The summed E-state index contributed by atoms with van der Waals surface area (Å²) in [6, 6.07) is 6.87. The van der Waals surface area contributed by atoms with Crippen molar-refractivity contribution in [2.75, 3.05) is 12.3 Å². The van der Waals surface area contributed by atoms with E-state index >= 15 is 0 Å². The van der Waals surface area contributed by atoms with Gasteiger partial charge in [-0.2, -0.15) is 0 Å². The summed E-state index contributed by atoms with van der Waals surface area (Å²) in [7, 11) is 0. The molecule has 2 rings (SSSR count). The van der Waals surface area contributed by atoms with E-state index in [-0.39, 0.29) is 0 Å². The molecular formula is C13H13N3O2S. The molecule has 2 heterocycles. The lowest BCUT2D eigenvalue weighted by Crippen LogP contribution is -2.07. The summed E-state index contributed by atoms with van der Waals surface area (Å²) in [6.07, 6.45) is 3.26. The minimum Gasteiger partial charge on any atom is -0.462 e. The van der Waals surface area contributed by atoms with Crippen molar-refractivity contribution in [3.8, 4) is 0 Å². The van der Waals surface area contributed by atoms with E-state index in [2.05, 4.69) is 9.97 Å². The van der Waals surface area contributed by atoms with E-state index in [4.69, 9.17) is 10.5 Å². The van der Waals surface area contributed by atoms with E-state index < -0.39 is 5.97 Å². The van der Waals surface area contributed by atoms with Gasteiger partial charge >= 0.3 is 5.97 Å². The standard InChI is InChI=1S/C13H13N3O2S/c1-2-18-13(17)9-5-3-7-15-11(9)19-12-10(14)6-4-8-16-12/h3-8H,2,14H2,1H3. The first-order chi connectivity index (χ1) is 9.22. The molecule has 2 aromatic heterocycles. The van der Waals surface area contributed by atoms with Crippen molar-refractivity contribution in [3.63, 3.8) is 0 Å². The van der Waals surface area contributed by atoms with Gasteiger partial charge in [0.25, 0.3) is 0 Å². The highest BCUT2D eigenvalue weighted by molar-refractivity contribution is 7.99. The van der Waals surface area contributed by atoms with Crippen molar-refractivity contribution < 1.29 is 9.53 Å². The summed E-state index contributed by atoms with van der Waals surface area (Å²) in [6.45, 7) is 2.08. The lowest BCUT2D eigenvalue weighted by Gasteiger charge is -2.07. The normalized spacial score (nSPS) is 10.2. The average Bonchev–Trinajstić information content (AvgIpc) is 2.42. The maximum Gasteiger partial charge on any atom is 0.340 e. The number of carbonyl (C=O) groups excluding carboxylic acids is 1. The smallest absolute Gasteiger partial charge is 0.340 e. The summed E-state index contributed by atoms with van der Waals surface area (Å²) in [5, 5.41) is 1.15. The Hall–Kier alpha value is -2.08. The Kier molecular flexibility index (Phi) is 4.35. The monoisotopic (exact) mass is 275 g/mol. The van der Waals surface area contributed by atoms with E-state index in [1.165, 1.54) is 11.8 Å². The lowest BCUT2D eigenvalue weighted by atomic mass is 10.3. The molecule has 19 heavy (non-hydrogen) atoms. The van der Waals surface area contributed by atoms with Crippen LogP contribution in [0.2, 0.25) is 0 Å². The summed E-state index contributed by atoms with van der Waals surface area (Å²) in [5.41, 5.74) is 6.79. The minimum absolute atomic E-state index is 0.323. The number of hydrogen-bond donors (Lipinski definition) is 1. The molecule has 0 saturated heterocycles. The fourth-order valence-corrected chi connectivity index (χ4v) is 2.27. The second-order valence-electron chi connectivity index (χ2n) is 3.58. The maximum atomic E-state index is 11.8. The van der Waals surface area contributed by atoms with E-state index in [1.54, 1.807) is 43.6 Å². The third-order valence-corrected chi connectivity index (χ3v) is 3.31. The van der Waals surface area contributed by atoms with Crippen molar-refractivity contribution in [3.05, 3.63) is 42.2 Å². The van der Waals surface area contributed by atoms with Crippen LogP contribution in [-0.4, -0.2) is 22.5 Å². The zero-order valence-electron chi connectivity index (χ0n) is 10.4. The van der Waals surface area contributed by atoms with Crippen LogP contribution in [0.3, 0.4) is 0 Å². The molecule has 0 bridgehead atoms. The molecule has 2 N–H and O–H groups in total. The first-order valence-corrected chi connectivity index (χ1v) is 6.54. The number of pyridine rings is 2. The van der Waals surface area contributed by atoms with Crippen molar-refractivity contribution in [1.29, 1.82) is 0 Å². The molecule has 5 nitrogen and oxygen atoms in total. The number of nitrogens with two attached hydrogens (primary N) is 1. The molecule has 6 heteroatoms. The predicted molar refractivity (Wildman–Crippen MR) is 73.0 cm³/mol. The van der Waals surface area contributed by atoms with Crippen LogP contribution >= 0.6 is 11.8 Å². The fraction of sp³-hybridized carbons (Fsp3) is 0.154. The van der Waals surface area contributed by atoms with Crippen LogP contribution in [-0.2, 0) is 4.74 Å². The second kappa shape index (κ2) is 6.19. The second-order valence-corrected chi connectivity index (χ2v) is 4.55. The number of esters is 1. The number of anilines is 1. The van der Waals surface area contributed by atoms with E-state index in [9.17, 15) is 4.79 Å².